The lowest BCUT2D eigenvalue weighted by Crippen LogP contribution is -2.53. The number of nitrogens with zero attached hydrogens (tertiary/aromatic N) is 2. The summed E-state index contributed by atoms with van der Waals surface area (Å²) in [6, 6.07) is 29.3. The number of carbonyl (C=O) groups excluding carboxylic acids is 2. The van der Waals surface area contributed by atoms with Crippen LogP contribution in [0.4, 0.5) is 5.69 Å². The van der Waals surface area contributed by atoms with Crippen molar-refractivity contribution in [3.63, 3.8) is 0 Å². The first-order chi connectivity index (χ1) is 21.1. The van der Waals surface area contributed by atoms with Crippen molar-refractivity contribution < 1.29 is 22.7 Å². The number of rotatable bonds is 13. The first-order valence-corrected chi connectivity index (χ1v) is 16.0. The predicted molar refractivity (Wildman–Crippen MR) is 173 cm³/mol. The number of hydrogen-bond acceptors (Lipinski definition) is 5. The highest BCUT2D eigenvalue weighted by Gasteiger charge is 2.34. The molecule has 4 aromatic carbocycles. The van der Waals surface area contributed by atoms with Gasteiger partial charge in [-0.15, -0.1) is 0 Å². The summed E-state index contributed by atoms with van der Waals surface area (Å²) >= 11 is 0. The summed E-state index contributed by atoms with van der Waals surface area (Å²) in [6.45, 7) is 5.75. The molecule has 8 nitrogen and oxygen atoms in total. The van der Waals surface area contributed by atoms with E-state index in [0.29, 0.717) is 18.0 Å². The predicted octanol–water partition coefficient (Wildman–Crippen LogP) is 5.28. The largest absolute Gasteiger partial charge is 0.494 e. The topological polar surface area (TPSA) is 96.0 Å². The van der Waals surface area contributed by atoms with Crippen LogP contribution in [0.15, 0.2) is 108 Å². The van der Waals surface area contributed by atoms with E-state index in [-0.39, 0.29) is 23.8 Å². The second-order valence-electron chi connectivity index (χ2n) is 10.5. The number of amides is 2. The van der Waals surface area contributed by atoms with Crippen LogP contribution in [0, 0.1) is 13.8 Å². The van der Waals surface area contributed by atoms with E-state index in [9.17, 15) is 18.0 Å². The first kappa shape index (κ1) is 32.3. The second kappa shape index (κ2) is 14.7. The first-order valence-electron chi connectivity index (χ1n) is 14.6. The van der Waals surface area contributed by atoms with Gasteiger partial charge in [-0.05, 0) is 73.9 Å². The Kier molecular flexibility index (Phi) is 10.8. The fourth-order valence-electron chi connectivity index (χ4n) is 4.93. The van der Waals surface area contributed by atoms with E-state index in [4.69, 9.17) is 4.74 Å². The quantitative estimate of drug-likeness (QED) is 0.221. The Morgan fingerprint density at radius 3 is 2.09 bits per heavy atom. The van der Waals surface area contributed by atoms with Crippen molar-refractivity contribution in [3.05, 3.63) is 125 Å². The van der Waals surface area contributed by atoms with E-state index < -0.39 is 28.5 Å². The zero-order valence-electron chi connectivity index (χ0n) is 25.6. The molecule has 1 N–H and O–H groups in total. The molecule has 1 atom stereocenters. The molecular weight excluding hydrogens is 574 g/mol. The molecular formula is C35H39N3O5S. The van der Waals surface area contributed by atoms with E-state index in [1.807, 2.05) is 75.4 Å². The maximum Gasteiger partial charge on any atom is 0.264 e. The van der Waals surface area contributed by atoms with Crippen molar-refractivity contribution in [2.75, 3.05) is 24.5 Å². The van der Waals surface area contributed by atoms with Crippen molar-refractivity contribution in [2.45, 2.75) is 44.7 Å². The van der Waals surface area contributed by atoms with Gasteiger partial charge in [0.25, 0.3) is 10.0 Å². The normalized spacial score (nSPS) is 11.8. The van der Waals surface area contributed by atoms with Crippen LogP contribution in [0.5, 0.6) is 5.75 Å². The van der Waals surface area contributed by atoms with Crippen LogP contribution in [0.3, 0.4) is 0 Å². The van der Waals surface area contributed by atoms with Gasteiger partial charge in [0.1, 0.15) is 18.3 Å². The van der Waals surface area contributed by atoms with E-state index in [2.05, 4.69) is 5.32 Å². The summed E-state index contributed by atoms with van der Waals surface area (Å²) in [7, 11) is -2.64. The van der Waals surface area contributed by atoms with E-state index >= 15 is 0 Å². The standard InChI is InChI=1S/C35H39N3O5S/c1-5-43-31-19-17-30(18-20-31)38(44(41,42)32-21-15-26(2)16-22-32)25-34(39)37(24-29-14-10-9-11-27(29)3)33(35(40)36-4)23-28-12-7-6-8-13-28/h6-22,33H,5,23-25H2,1-4H3,(H,36,40). The molecule has 0 saturated heterocycles. The minimum Gasteiger partial charge on any atom is -0.494 e. The van der Waals surface area contributed by atoms with Crippen molar-refractivity contribution in [3.8, 4) is 5.75 Å². The maximum absolute atomic E-state index is 14.4. The maximum atomic E-state index is 14.4. The average Bonchev–Trinajstić information content (AvgIpc) is 3.03. The lowest BCUT2D eigenvalue weighted by Gasteiger charge is -2.34. The summed E-state index contributed by atoms with van der Waals surface area (Å²) in [5.41, 5.74) is 3.90. The van der Waals surface area contributed by atoms with Gasteiger partial charge in [-0.2, -0.15) is 0 Å². The Bertz CT molecular complexity index is 1660. The Balaban J connectivity index is 1.79. The van der Waals surface area contributed by atoms with E-state index in [1.165, 1.54) is 24.1 Å². The molecule has 0 radical (unpaired) electrons. The van der Waals surface area contributed by atoms with Crippen molar-refractivity contribution in [2.24, 2.45) is 0 Å². The van der Waals surface area contributed by atoms with Gasteiger partial charge in [0.15, 0.2) is 0 Å². The number of nitrogens with one attached hydrogen (secondary N) is 1. The van der Waals surface area contributed by atoms with Crippen LogP contribution in [-0.2, 0) is 32.6 Å². The van der Waals surface area contributed by atoms with Gasteiger partial charge < -0.3 is 15.0 Å². The fourth-order valence-corrected chi connectivity index (χ4v) is 6.35. The molecule has 0 fully saturated rings. The fraction of sp³-hybridized carbons (Fsp3) is 0.257. The number of likely N-dealkylation sites (N-methyl/N-ethyl adjacent to an activating group) is 1. The molecule has 4 rings (SSSR count). The molecule has 0 heterocycles. The number of ether oxygens (including phenoxy) is 1. The summed E-state index contributed by atoms with van der Waals surface area (Å²) in [5, 5.41) is 2.71. The molecule has 0 aliphatic rings. The SMILES string of the molecule is CCOc1ccc(N(CC(=O)N(Cc2ccccc2C)C(Cc2ccccc2)C(=O)NC)S(=O)(=O)c2ccc(C)cc2)cc1. The Morgan fingerprint density at radius 2 is 1.48 bits per heavy atom. The molecule has 0 bridgehead atoms. The smallest absolute Gasteiger partial charge is 0.264 e. The average molecular weight is 614 g/mol. The highest BCUT2D eigenvalue weighted by molar-refractivity contribution is 7.92. The highest BCUT2D eigenvalue weighted by atomic mass is 32.2. The Labute approximate surface area is 260 Å². The van der Waals surface area contributed by atoms with Crippen LogP contribution < -0.4 is 14.4 Å². The zero-order chi connectivity index (χ0) is 31.7. The van der Waals surface area contributed by atoms with Gasteiger partial charge >= 0.3 is 0 Å². The lowest BCUT2D eigenvalue weighted by atomic mass is 10.0. The van der Waals surface area contributed by atoms with E-state index in [1.54, 1.807) is 36.4 Å². The Hall–Kier alpha value is -4.63. The summed E-state index contributed by atoms with van der Waals surface area (Å²) in [6.07, 6.45) is 0.256. The van der Waals surface area contributed by atoms with Crippen LogP contribution in [-0.4, -0.2) is 51.4 Å². The third-order valence-electron chi connectivity index (χ3n) is 7.44. The van der Waals surface area contributed by atoms with Gasteiger partial charge in [0.05, 0.1) is 17.2 Å². The minimum atomic E-state index is -4.17. The van der Waals surface area contributed by atoms with Crippen molar-refractivity contribution in [1.82, 2.24) is 10.2 Å². The van der Waals surface area contributed by atoms with Gasteiger partial charge in [-0.1, -0.05) is 72.3 Å². The van der Waals surface area contributed by atoms with Crippen LogP contribution in [0.25, 0.3) is 0 Å². The number of benzene rings is 4. The third kappa shape index (κ3) is 7.85. The van der Waals surface area contributed by atoms with Gasteiger partial charge in [-0.3, -0.25) is 13.9 Å². The van der Waals surface area contributed by atoms with Gasteiger partial charge in [-0.25, -0.2) is 8.42 Å². The van der Waals surface area contributed by atoms with Crippen molar-refractivity contribution in [1.29, 1.82) is 0 Å². The Morgan fingerprint density at radius 1 is 0.841 bits per heavy atom. The summed E-state index contributed by atoms with van der Waals surface area (Å²) in [5.74, 6) is -0.272. The highest BCUT2D eigenvalue weighted by Crippen LogP contribution is 2.27. The summed E-state index contributed by atoms with van der Waals surface area (Å²) < 4.78 is 34.9. The molecule has 0 aromatic heterocycles. The van der Waals surface area contributed by atoms with Crippen molar-refractivity contribution >= 4 is 27.5 Å². The molecule has 4 aromatic rings. The molecule has 1 unspecified atom stereocenters. The molecule has 0 aliphatic carbocycles. The van der Waals surface area contributed by atoms with E-state index in [0.717, 1.165) is 26.6 Å². The van der Waals surface area contributed by atoms with Crippen LogP contribution in [0.2, 0.25) is 0 Å². The number of anilines is 1. The van der Waals surface area contributed by atoms with Gasteiger partial charge in [0.2, 0.25) is 11.8 Å². The molecule has 2 amide bonds. The number of hydrogen-bond donors (Lipinski definition) is 1. The molecule has 0 saturated carbocycles. The van der Waals surface area contributed by atoms with Gasteiger partial charge in [0, 0.05) is 20.0 Å². The lowest BCUT2D eigenvalue weighted by molar-refractivity contribution is -0.139. The minimum absolute atomic E-state index is 0.0578. The monoisotopic (exact) mass is 613 g/mol. The molecule has 230 valence electrons. The number of carbonyl (C=O) groups is 2. The second-order valence-corrected chi connectivity index (χ2v) is 12.4. The third-order valence-corrected chi connectivity index (χ3v) is 9.23. The zero-order valence-corrected chi connectivity index (χ0v) is 26.4. The molecule has 44 heavy (non-hydrogen) atoms. The molecule has 0 spiro atoms. The number of aryl methyl sites for hydroxylation is 2. The molecule has 0 aliphatic heterocycles. The molecule has 9 heteroatoms. The van der Waals surface area contributed by atoms with Crippen LogP contribution >= 0.6 is 0 Å². The number of sulfonamides is 1. The summed E-state index contributed by atoms with van der Waals surface area (Å²) in [4.78, 5) is 29.3. The van der Waals surface area contributed by atoms with Crippen LogP contribution in [0.1, 0.15) is 29.2 Å².